The molecule has 214 valence electrons. The zero-order valence-electron chi connectivity index (χ0n) is 23.0. The monoisotopic (exact) mass is 577 g/mol. The van der Waals surface area contributed by atoms with Crippen molar-refractivity contribution in [1.82, 2.24) is 15.0 Å². The number of likely N-dealkylation sites (N-methyl/N-ethyl adjacent to an activating group) is 1. The lowest BCUT2D eigenvalue weighted by atomic mass is 10.0. The molecule has 2 aliphatic heterocycles. The summed E-state index contributed by atoms with van der Waals surface area (Å²) in [5.41, 5.74) is 10.7. The van der Waals surface area contributed by atoms with E-state index in [2.05, 4.69) is 50.3 Å². The van der Waals surface area contributed by atoms with Gasteiger partial charge in [-0.1, -0.05) is 12.1 Å². The van der Waals surface area contributed by atoms with Crippen LogP contribution in [0.5, 0.6) is 11.5 Å². The molecule has 0 radical (unpaired) electrons. The molecule has 0 aliphatic carbocycles. The van der Waals surface area contributed by atoms with E-state index < -0.39 is 5.82 Å². The molecule has 0 unspecified atom stereocenters. The number of nitrogens with two attached hydrogens (primary N) is 1. The topological polar surface area (TPSA) is 102 Å². The Morgan fingerprint density at radius 2 is 1.95 bits per heavy atom. The number of pyridine rings is 1. The highest BCUT2D eigenvalue weighted by Crippen LogP contribution is 2.39. The van der Waals surface area contributed by atoms with Gasteiger partial charge in [-0.05, 0) is 48.7 Å². The summed E-state index contributed by atoms with van der Waals surface area (Å²) in [7, 11) is 3.57. The smallest absolute Gasteiger partial charge is 0.168 e. The molecule has 2 aromatic heterocycles. The predicted octanol–water partition coefficient (Wildman–Crippen LogP) is 5.27. The molecule has 6 rings (SSSR count). The number of benzene rings is 2. The average Bonchev–Trinajstić information content (AvgIpc) is 2.97. The Bertz CT molecular complexity index is 1540. The Hall–Kier alpha value is -4.15. The summed E-state index contributed by atoms with van der Waals surface area (Å²) < 4.78 is 26.0. The van der Waals surface area contributed by atoms with Crippen molar-refractivity contribution < 1.29 is 13.9 Å². The molecule has 0 spiro atoms. The molecular weight excluding hydrogens is 545 g/mol. The van der Waals surface area contributed by atoms with Crippen molar-refractivity contribution in [3.63, 3.8) is 0 Å². The van der Waals surface area contributed by atoms with Crippen LogP contribution in [0.1, 0.15) is 12.8 Å². The average molecular weight is 578 g/mol. The summed E-state index contributed by atoms with van der Waals surface area (Å²) >= 11 is 0. The second-order valence-electron chi connectivity index (χ2n) is 10.1. The number of halogens is 2. The van der Waals surface area contributed by atoms with Crippen molar-refractivity contribution in [2.75, 3.05) is 55.5 Å². The SMILES string of the molecule is COc1cccc(F)c1-c1nccc(Nc2cc(N3CCC[C@H](N)C3)c(-c3ccc4c(c3)OCCN4C)cn2)n1.Cl. The molecule has 3 N–H and O–H groups in total. The lowest BCUT2D eigenvalue weighted by Gasteiger charge is -2.34. The Morgan fingerprint density at radius 3 is 2.78 bits per heavy atom. The van der Waals surface area contributed by atoms with E-state index in [1.807, 2.05) is 12.3 Å². The number of piperidine rings is 1. The number of ether oxygens (including phenoxy) is 2. The van der Waals surface area contributed by atoms with Crippen LogP contribution in [0.4, 0.5) is 27.4 Å². The van der Waals surface area contributed by atoms with Crippen LogP contribution in [0.25, 0.3) is 22.5 Å². The summed E-state index contributed by atoms with van der Waals surface area (Å²) in [5, 5.41) is 3.28. The van der Waals surface area contributed by atoms with Crippen molar-refractivity contribution in [1.29, 1.82) is 0 Å². The molecule has 4 heterocycles. The van der Waals surface area contributed by atoms with Crippen molar-refractivity contribution in [3.05, 3.63) is 66.7 Å². The number of nitrogens with zero attached hydrogens (tertiary/aromatic N) is 5. The standard InChI is InChI=1S/C30H32FN7O2.ClH/c1-37-13-14-40-26-15-19(8-9-23(26)37)21-17-34-28(16-24(21)38-12-4-5-20(32)18-38)35-27-10-11-33-30(36-27)29-22(31)6-3-7-25(29)39-2;/h3,6-11,15-17,20H,4-5,12-14,18,32H2,1-2H3,(H,33,34,35,36);1H/t20-;/m0./s1. The van der Waals surface area contributed by atoms with Gasteiger partial charge in [-0.15, -0.1) is 12.4 Å². The van der Waals surface area contributed by atoms with Gasteiger partial charge in [0.2, 0.25) is 0 Å². The number of fused-ring (bicyclic) bond motifs is 1. The molecule has 1 saturated heterocycles. The normalized spacial score (nSPS) is 16.3. The summed E-state index contributed by atoms with van der Waals surface area (Å²) in [4.78, 5) is 18.1. The summed E-state index contributed by atoms with van der Waals surface area (Å²) in [6.45, 7) is 3.17. The molecule has 1 atom stereocenters. The van der Waals surface area contributed by atoms with E-state index in [0.29, 0.717) is 24.0 Å². The fourth-order valence-corrected chi connectivity index (χ4v) is 5.32. The quantitative estimate of drug-likeness (QED) is 0.317. The first-order valence-electron chi connectivity index (χ1n) is 13.4. The maximum absolute atomic E-state index is 14.7. The number of rotatable bonds is 6. The van der Waals surface area contributed by atoms with E-state index in [0.717, 1.165) is 60.7 Å². The van der Waals surface area contributed by atoms with Crippen LogP contribution in [-0.4, -0.2) is 61.4 Å². The van der Waals surface area contributed by atoms with Crippen molar-refractivity contribution in [2.45, 2.75) is 18.9 Å². The van der Waals surface area contributed by atoms with Gasteiger partial charge < -0.3 is 30.3 Å². The molecule has 0 amide bonds. The summed E-state index contributed by atoms with van der Waals surface area (Å²) in [5.74, 6) is 2.09. The van der Waals surface area contributed by atoms with Crippen LogP contribution in [0.15, 0.2) is 60.9 Å². The molecule has 0 bridgehead atoms. The summed E-state index contributed by atoms with van der Waals surface area (Å²) in [6, 6.07) is 14.8. The number of hydrogen-bond donors (Lipinski definition) is 2. The van der Waals surface area contributed by atoms with Crippen LogP contribution in [-0.2, 0) is 0 Å². The third-order valence-electron chi connectivity index (χ3n) is 7.38. The van der Waals surface area contributed by atoms with E-state index in [9.17, 15) is 4.39 Å². The van der Waals surface area contributed by atoms with Gasteiger partial charge in [0.15, 0.2) is 5.82 Å². The first kappa shape index (κ1) is 28.4. The first-order valence-corrected chi connectivity index (χ1v) is 13.4. The van der Waals surface area contributed by atoms with Gasteiger partial charge in [0.1, 0.15) is 35.6 Å². The van der Waals surface area contributed by atoms with Crippen molar-refractivity contribution in [3.8, 4) is 34.0 Å². The Kier molecular flexibility index (Phi) is 8.41. The Balaban J connectivity index is 0.00000337. The molecule has 2 aliphatic rings. The number of aromatic nitrogens is 3. The van der Waals surface area contributed by atoms with Gasteiger partial charge in [0, 0.05) is 55.9 Å². The van der Waals surface area contributed by atoms with Gasteiger partial charge in [-0.25, -0.2) is 19.3 Å². The Labute approximate surface area is 244 Å². The van der Waals surface area contributed by atoms with E-state index in [1.54, 1.807) is 24.4 Å². The fourth-order valence-electron chi connectivity index (χ4n) is 5.32. The molecule has 9 nitrogen and oxygen atoms in total. The van der Waals surface area contributed by atoms with Gasteiger partial charge in [-0.2, -0.15) is 0 Å². The molecule has 0 saturated carbocycles. The second kappa shape index (κ2) is 12.2. The first-order chi connectivity index (χ1) is 19.5. The zero-order chi connectivity index (χ0) is 27.6. The highest BCUT2D eigenvalue weighted by molar-refractivity contribution is 5.85. The van der Waals surface area contributed by atoms with E-state index in [1.165, 1.54) is 13.2 Å². The van der Waals surface area contributed by atoms with E-state index >= 15 is 0 Å². The lowest BCUT2D eigenvalue weighted by Crippen LogP contribution is -2.43. The van der Waals surface area contributed by atoms with Crippen LogP contribution >= 0.6 is 12.4 Å². The molecular formula is C30H33ClFN7O2. The maximum Gasteiger partial charge on any atom is 0.168 e. The molecule has 1 fully saturated rings. The summed E-state index contributed by atoms with van der Waals surface area (Å²) in [6.07, 6.45) is 5.47. The number of nitrogens with one attached hydrogen (secondary N) is 1. The largest absolute Gasteiger partial charge is 0.496 e. The lowest BCUT2D eigenvalue weighted by molar-refractivity contribution is 0.311. The van der Waals surface area contributed by atoms with Gasteiger partial charge >= 0.3 is 0 Å². The molecule has 41 heavy (non-hydrogen) atoms. The minimum Gasteiger partial charge on any atom is -0.496 e. The van der Waals surface area contributed by atoms with Gasteiger partial charge in [-0.3, -0.25) is 0 Å². The number of hydrogen-bond acceptors (Lipinski definition) is 9. The second-order valence-corrected chi connectivity index (χ2v) is 10.1. The minimum atomic E-state index is -0.456. The molecule has 4 aromatic rings. The highest BCUT2D eigenvalue weighted by atomic mass is 35.5. The predicted molar refractivity (Wildman–Crippen MR) is 162 cm³/mol. The van der Waals surface area contributed by atoms with Gasteiger partial charge in [0.25, 0.3) is 0 Å². The zero-order valence-corrected chi connectivity index (χ0v) is 23.8. The van der Waals surface area contributed by atoms with Crippen LogP contribution < -0.4 is 30.3 Å². The van der Waals surface area contributed by atoms with Gasteiger partial charge in [0.05, 0.1) is 24.9 Å². The third-order valence-corrected chi connectivity index (χ3v) is 7.38. The molecule has 2 aromatic carbocycles. The van der Waals surface area contributed by atoms with Crippen molar-refractivity contribution >= 4 is 35.4 Å². The minimum absolute atomic E-state index is 0. The van der Waals surface area contributed by atoms with Crippen LogP contribution in [0.2, 0.25) is 0 Å². The van der Waals surface area contributed by atoms with E-state index in [-0.39, 0.29) is 29.8 Å². The molecule has 11 heteroatoms. The van der Waals surface area contributed by atoms with E-state index in [4.69, 9.17) is 20.2 Å². The van der Waals surface area contributed by atoms with Crippen LogP contribution in [0, 0.1) is 5.82 Å². The fraction of sp³-hybridized carbons (Fsp3) is 0.300. The third kappa shape index (κ3) is 5.84. The Morgan fingerprint density at radius 1 is 1.07 bits per heavy atom. The maximum atomic E-state index is 14.7. The van der Waals surface area contributed by atoms with Crippen molar-refractivity contribution in [2.24, 2.45) is 5.73 Å². The number of anilines is 4. The van der Waals surface area contributed by atoms with Crippen LogP contribution in [0.3, 0.4) is 0 Å². The highest BCUT2D eigenvalue weighted by Gasteiger charge is 2.23. The number of methoxy groups -OCH3 is 1.